The summed E-state index contributed by atoms with van der Waals surface area (Å²) in [7, 11) is -3.65. The summed E-state index contributed by atoms with van der Waals surface area (Å²) in [4.78, 5) is 27.7. The molecule has 0 spiro atoms. The highest BCUT2D eigenvalue weighted by Gasteiger charge is 2.46. The Balaban J connectivity index is 1.84. The fourth-order valence-corrected chi connectivity index (χ4v) is 5.78. The van der Waals surface area contributed by atoms with Crippen molar-refractivity contribution in [1.29, 1.82) is 0 Å². The molecule has 1 heterocycles. The number of nitrogens with zero attached hydrogens (tertiary/aromatic N) is 2. The van der Waals surface area contributed by atoms with Crippen LogP contribution in [0.15, 0.2) is 24.3 Å². The first-order valence-electron chi connectivity index (χ1n) is 10.7. The molecule has 3 N–H and O–H groups in total. The number of hydrogen-bond donors (Lipinski definition) is 2. The highest BCUT2D eigenvalue weighted by Crippen LogP contribution is 2.24. The average molecular weight is 437 g/mol. The standard InChI is InChI=1S/C21H32N4O4S/c1-3-14-30(28,29)25-13-12-24(21(27)16-6-4-15(2)5-7-16)20(25)19(26)23-18-10-8-17(22)9-11-18/h4-7,17-18,20H,3,8-14,22H2,1-2H3,(H,23,26). The number of sulfonamides is 1. The van der Waals surface area contributed by atoms with Gasteiger partial charge in [0.2, 0.25) is 10.0 Å². The lowest BCUT2D eigenvalue weighted by atomic mass is 9.92. The Morgan fingerprint density at radius 3 is 2.33 bits per heavy atom. The molecule has 1 aromatic carbocycles. The van der Waals surface area contributed by atoms with E-state index in [9.17, 15) is 18.0 Å². The molecule has 2 amide bonds. The van der Waals surface area contributed by atoms with E-state index in [1.807, 2.05) is 19.1 Å². The molecule has 1 atom stereocenters. The second kappa shape index (κ2) is 9.45. The first-order chi connectivity index (χ1) is 14.2. The molecule has 0 radical (unpaired) electrons. The normalized spacial score (nSPS) is 25.3. The molecule has 1 aromatic rings. The van der Waals surface area contributed by atoms with Crippen LogP contribution in [0.4, 0.5) is 0 Å². The predicted octanol–water partition coefficient (Wildman–Crippen LogP) is 1.20. The Morgan fingerprint density at radius 1 is 1.10 bits per heavy atom. The summed E-state index contributed by atoms with van der Waals surface area (Å²) >= 11 is 0. The molecule has 2 fully saturated rings. The molecule has 1 saturated heterocycles. The van der Waals surface area contributed by atoms with Crippen LogP contribution in [0.1, 0.15) is 54.9 Å². The smallest absolute Gasteiger partial charge is 0.259 e. The molecule has 9 heteroatoms. The van der Waals surface area contributed by atoms with Crippen molar-refractivity contribution >= 4 is 21.8 Å². The maximum atomic E-state index is 13.2. The molecule has 1 aliphatic carbocycles. The summed E-state index contributed by atoms with van der Waals surface area (Å²) in [5, 5.41) is 2.98. The second-order valence-electron chi connectivity index (χ2n) is 8.29. The van der Waals surface area contributed by atoms with Crippen LogP contribution < -0.4 is 11.1 Å². The van der Waals surface area contributed by atoms with E-state index in [1.54, 1.807) is 19.1 Å². The van der Waals surface area contributed by atoms with E-state index in [1.165, 1.54) is 9.21 Å². The van der Waals surface area contributed by atoms with Gasteiger partial charge in [-0.15, -0.1) is 0 Å². The summed E-state index contributed by atoms with van der Waals surface area (Å²) in [6.45, 7) is 4.01. The van der Waals surface area contributed by atoms with Crippen molar-refractivity contribution in [2.24, 2.45) is 5.73 Å². The Labute approximate surface area is 178 Å². The average Bonchev–Trinajstić information content (AvgIpc) is 3.16. The van der Waals surface area contributed by atoms with Crippen molar-refractivity contribution in [1.82, 2.24) is 14.5 Å². The van der Waals surface area contributed by atoms with Gasteiger partial charge in [-0.05, 0) is 51.2 Å². The van der Waals surface area contributed by atoms with E-state index in [0.717, 1.165) is 31.2 Å². The van der Waals surface area contributed by atoms with Crippen LogP contribution in [0.25, 0.3) is 0 Å². The lowest BCUT2D eigenvalue weighted by Gasteiger charge is -2.32. The molecule has 2 aliphatic rings. The van der Waals surface area contributed by atoms with Crippen LogP contribution in [0.3, 0.4) is 0 Å². The predicted molar refractivity (Wildman–Crippen MR) is 115 cm³/mol. The van der Waals surface area contributed by atoms with Gasteiger partial charge in [0.1, 0.15) is 0 Å². The minimum atomic E-state index is -3.65. The number of nitrogens with one attached hydrogen (secondary N) is 1. The van der Waals surface area contributed by atoms with Gasteiger partial charge in [0, 0.05) is 30.7 Å². The monoisotopic (exact) mass is 436 g/mol. The van der Waals surface area contributed by atoms with Crippen molar-refractivity contribution in [3.05, 3.63) is 35.4 Å². The van der Waals surface area contributed by atoms with E-state index in [0.29, 0.717) is 12.0 Å². The highest BCUT2D eigenvalue weighted by atomic mass is 32.2. The summed E-state index contributed by atoms with van der Waals surface area (Å²) in [6, 6.07) is 7.16. The van der Waals surface area contributed by atoms with E-state index in [2.05, 4.69) is 5.32 Å². The topological polar surface area (TPSA) is 113 Å². The van der Waals surface area contributed by atoms with Gasteiger partial charge in [0.25, 0.3) is 11.8 Å². The Bertz CT molecular complexity index is 863. The first kappa shape index (κ1) is 22.7. The van der Waals surface area contributed by atoms with Crippen LogP contribution in [0, 0.1) is 6.92 Å². The van der Waals surface area contributed by atoms with Crippen LogP contribution in [0.2, 0.25) is 0 Å². The zero-order valence-electron chi connectivity index (χ0n) is 17.7. The summed E-state index contributed by atoms with van der Waals surface area (Å²) < 4.78 is 26.8. The van der Waals surface area contributed by atoms with Gasteiger partial charge in [0.15, 0.2) is 6.17 Å². The number of carbonyl (C=O) groups is 2. The molecule has 30 heavy (non-hydrogen) atoms. The third-order valence-electron chi connectivity index (χ3n) is 5.86. The molecule has 1 unspecified atom stereocenters. The second-order valence-corrected chi connectivity index (χ2v) is 10.3. The fourth-order valence-electron chi connectivity index (χ4n) is 4.16. The van der Waals surface area contributed by atoms with E-state index >= 15 is 0 Å². The maximum Gasteiger partial charge on any atom is 0.259 e. The lowest BCUT2D eigenvalue weighted by molar-refractivity contribution is -0.128. The van der Waals surface area contributed by atoms with Crippen molar-refractivity contribution in [3.63, 3.8) is 0 Å². The number of carbonyl (C=O) groups excluding carboxylic acids is 2. The minimum absolute atomic E-state index is 0.0510. The Kier molecular flexibility index (Phi) is 7.15. The zero-order chi connectivity index (χ0) is 21.9. The SMILES string of the molecule is CCCS(=O)(=O)N1CCN(C(=O)c2ccc(C)cc2)C1C(=O)NC1CCC(N)CC1. The molecular formula is C21H32N4O4S. The third-order valence-corrected chi connectivity index (χ3v) is 7.88. The van der Waals surface area contributed by atoms with Crippen LogP contribution in [0.5, 0.6) is 0 Å². The van der Waals surface area contributed by atoms with Gasteiger partial charge in [-0.25, -0.2) is 8.42 Å². The zero-order valence-corrected chi connectivity index (χ0v) is 18.5. The summed E-state index contributed by atoms with van der Waals surface area (Å²) in [5.74, 6) is -0.829. The number of rotatable bonds is 6. The van der Waals surface area contributed by atoms with Crippen LogP contribution in [-0.4, -0.2) is 66.5 Å². The van der Waals surface area contributed by atoms with Crippen molar-refractivity contribution in [3.8, 4) is 0 Å². The number of nitrogens with two attached hydrogens (primary N) is 1. The Hall–Kier alpha value is -1.97. The number of hydrogen-bond acceptors (Lipinski definition) is 5. The molecule has 1 saturated carbocycles. The first-order valence-corrected chi connectivity index (χ1v) is 12.3. The minimum Gasteiger partial charge on any atom is -0.350 e. The van der Waals surface area contributed by atoms with Gasteiger partial charge in [-0.3, -0.25) is 9.59 Å². The van der Waals surface area contributed by atoms with Gasteiger partial charge < -0.3 is 16.0 Å². The van der Waals surface area contributed by atoms with E-state index < -0.39 is 22.1 Å². The van der Waals surface area contributed by atoms with Gasteiger partial charge in [0.05, 0.1) is 5.75 Å². The van der Waals surface area contributed by atoms with E-state index in [-0.39, 0.29) is 36.8 Å². The van der Waals surface area contributed by atoms with Crippen molar-refractivity contribution in [2.75, 3.05) is 18.8 Å². The van der Waals surface area contributed by atoms with Crippen LogP contribution in [-0.2, 0) is 14.8 Å². The summed E-state index contributed by atoms with van der Waals surface area (Å²) in [5.41, 5.74) is 7.41. The Morgan fingerprint density at radius 2 is 1.73 bits per heavy atom. The molecule has 3 rings (SSSR count). The summed E-state index contributed by atoms with van der Waals surface area (Å²) in [6.07, 6.45) is 2.44. The molecular weight excluding hydrogens is 404 g/mol. The largest absolute Gasteiger partial charge is 0.350 e. The third kappa shape index (κ3) is 5.01. The number of amides is 2. The molecule has 0 aromatic heterocycles. The van der Waals surface area contributed by atoms with E-state index in [4.69, 9.17) is 5.73 Å². The van der Waals surface area contributed by atoms with Gasteiger partial charge >= 0.3 is 0 Å². The van der Waals surface area contributed by atoms with Crippen molar-refractivity contribution < 1.29 is 18.0 Å². The molecule has 0 bridgehead atoms. The van der Waals surface area contributed by atoms with Crippen molar-refractivity contribution in [2.45, 2.75) is 64.2 Å². The number of aryl methyl sites for hydroxylation is 1. The van der Waals surface area contributed by atoms with Gasteiger partial charge in [-0.1, -0.05) is 24.6 Å². The van der Waals surface area contributed by atoms with Crippen LogP contribution >= 0.6 is 0 Å². The fraction of sp³-hybridized carbons (Fsp3) is 0.619. The molecule has 166 valence electrons. The highest BCUT2D eigenvalue weighted by molar-refractivity contribution is 7.89. The molecule has 8 nitrogen and oxygen atoms in total. The molecule has 1 aliphatic heterocycles. The maximum absolute atomic E-state index is 13.2. The number of benzene rings is 1. The lowest BCUT2D eigenvalue weighted by Crippen LogP contribution is -2.56. The quantitative estimate of drug-likeness (QED) is 0.696. The van der Waals surface area contributed by atoms with Gasteiger partial charge in [-0.2, -0.15) is 4.31 Å².